The third-order valence-corrected chi connectivity index (χ3v) is 5.17. The van der Waals surface area contributed by atoms with E-state index in [1.165, 1.54) is 0 Å². The van der Waals surface area contributed by atoms with E-state index in [0.717, 1.165) is 16.8 Å². The van der Waals surface area contributed by atoms with Crippen molar-refractivity contribution in [2.24, 2.45) is 0 Å². The summed E-state index contributed by atoms with van der Waals surface area (Å²) >= 11 is 18.2. The molecule has 3 aromatic rings. The molecule has 0 bridgehead atoms. The van der Waals surface area contributed by atoms with E-state index in [1.54, 1.807) is 18.2 Å². The van der Waals surface area contributed by atoms with Crippen LogP contribution in [-0.2, 0) is 0 Å². The van der Waals surface area contributed by atoms with Crippen LogP contribution in [0, 0.1) is 0 Å². The number of rotatable bonds is 6. The normalized spacial score (nSPS) is 13.2. The van der Waals surface area contributed by atoms with E-state index in [2.05, 4.69) is 5.32 Å². The summed E-state index contributed by atoms with van der Waals surface area (Å²) in [6, 6.07) is 22.5. The maximum atomic E-state index is 10.7. The van der Waals surface area contributed by atoms with Crippen LogP contribution in [0.3, 0.4) is 0 Å². The van der Waals surface area contributed by atoms with Crippen LogP contribution >= 0.6 is 34.8 Å². The van der Waals surface area contributed by atoms with Crippen molar-refractivity contribution < 1.29 is 5.11 Å². The smallest absolute Gasteiger partial charge is 0.0813 e. The van der Waals surface area contributed by atoms with Crippen LogP contribution in [0.4, 0.5) is 5.69 Å². The van der Waals surface area contributed by atoms with Crippen molar-refractivity contribution >= 4 is 40.5 Å². The summed E-state index contributed by atoms with van der Waals surface area (Å²) in [5.41, 5.74) is 2.73. The molecule has 5 heteroatoms. The molecule has 2 atom stereocenters. The van der Waals surface area contributed by atoms with Crippen LogP contribution in [0.25, 0.3) is 0 Å². The molecule has 0 radical (unpaired) electrons. The highest BCUT2D eigenvalue weighted by Gasteiger charge is 2.19. The monoisotopic (exact) mass is 405 g/mol. The SMILES string of the molecule is OC(CC(Nc1ccccc1)c1ccc(Cl)c(Cl)c1)c1ccc(Cl)cc1. The van der Waals surface area contributed by atoms with Crippen molar-refractivity contribution in [3.63, 3.8) is 0 Å². The first-order chi connectivity index (χ1) is 12.5. The van der Waals surface area contributed by atoms with Gasteiger partial charge in [-0.1, -0.05) is 71.2 Å². The second-order valence-corrected chi connectivity index (χ2v) is 7.29. The Morgan fingerprint density at radius 3 is 2.08 bits per heavy atom. The van der Waals surface area contributed by atoms with Crippen molar-refractivity contribution in [2.75, 3.05) is 5.32 Å². The molecule has 2 N–H and O–H groups in total. The average Bonchev–Trinajstić information content (AvgIpc) is 2.65. The molecule has 0 amide bonds. The standard InChI is InChI=1S/C21H18Cl3NO/c22-16-9-6-14(7-10-16)21(26)13-20(25-17-4-2-1-3-5-17)15-8-11-18(23)19(24)12-15/h1-12,20-21,25-26H,13H2. The summed E-state index contributed by atoms with van der Waals surface area (Å²) in [5.74, 6) is 0. The van der Waals surface area contributed by atoms with E-state index in [9.17, 15) is 5.11 Å². The Morgan fingerprint density at radius 2 is 1.42 bits per heavy atom. The fourth-order valence-corrected chi connectivity index (χ4v) is 3.22. The van der Waals surface area contributed by atoms with Crippen LogP contribution in [0.2, 0.25) is 15.1 Å². The first-order valence-electron chi connectivity index (χ1n) is 8.23. The van der Waals surface area contributed by atoms with Gasteiger partial charge in [0.1, 0.15) is 0 Å². The molecule has 3 aromatic carbocycles. The molecule has 0 spiro atoms. The molecule has 2 unspecified atom stereocenters. The van der Waals surface area contributed by atoms with Gasteiger partial charge >= 0.3 is 0 Å². The van der Waals surface area contributed by atoms with Gasteiger partial charge in [-0.2, -0.15) is 0 Å². The van der Waals surface area contributed by atoms with Gasteiger partial charge in [0.05, 0.1) is 22.2 Å². The lowest BCUT2D eigenvalue weighted by Crippen LogP contribution is -2.15. The second kappa shape index (κ2) is 8.79. The van der Waals surface area contributed by atoms with Gasteiger partial charge in [-0.3, -0.25) is 0 Å². The summed E-state index contributed by atoms with van der Waals surface area (Å²) in [4.78, 5) is 0. The number of benzene rings is 3. The lowest BCUT2D eigenvalue weighted by atomic mass is 9.96. The van der Waals surface area contributed by atoms with Gasteiger partial charge in [0.25, 0.3) is 0 Å². The zero-order chi connectivity index (χ0) is 18.5. The lowest BCUT2D eigenvalue weighted by Gasteiger charge is -2.24. The van der Waals surface area contributed by atoms with E-state index >= 15 is 0 Å². The van der Waals surface area contributed by atoms with Crippen molar-refractivity contribution in [2.45, 2.75) is 18.6 Å². The Hall–Kier alpha value is -1.71. The molecule has 0 aromatic heterocycles. The molecule has 0 aliphatic rings. The quantitative estimate of drug-likeness (QED) is 0.465. The van der Waals surface area contributed by atoms with E-state index in [1.807, 2.05) is 54.6 Å². The summed E-state index contributed by atoms with van der Waals surface area (Å²) in [7, 11) is 0. The van der Waals surface area contributed by atoms with Crippen LogP contribution in [0.5, 0.6) is 0 Å². The Morgan fingerprint density at radius 1 is 0.769 bits per heavy atom. The molecule has 0 fully saturated rings. The molecule has 0 heterocycles. The van der Waals surface area contributed by atoms with Gasteiger partial charge in [0, 0.05) is 17.1 Å². The van der Waals surface area contributed by atoms with E-state index in [4.69, 9.17) is 34.8 Å². The number of para-hydroxylation sites is 1. The number of nitrogens with one attached hydrogen (secondary N) is 1. The predicted molar refractivity (Wildman–Crippen MR) is 110 cm³/mol. The van der Waals surface area contributed by atoms with Gasteiger partial charge in [-0.05, 0) is 47.5 Å². The molecule has 2 nitrogen and oxygen atoms in total. The zero-order valence-electron chi connectivity index (χ0n) is 13.9. The minimum atomic E-state index is -0.650. The van der Waals surface area contributed by atoms with Gasteiger partial charge in [-0.15, -0.1) is 0 Å². The van der Waals surface area contributed by atoms with Crippen molar-refractivity contribution in [1.29, 1.82) is 0 Å². The average molecular weight is 407 g/mol. The Labute approximate surface area is 168 Å². The van der Waals surface area contributed by atoms with Gasteiger partial charge < -0.3 is 10.4 Å². The Bertz CT molecular complexity index is 853. The van der Waals surface area contributed by atoms with Crippen molar-refractivity contribution in [3.05, 3.63) is 99.0 Å². The molecule has 0 saturated carbocycles. The van der Waals surface area contributed by atoms with Crippen LogP contribution in [0.15, 0.2) is 72.8 Å². The molecule has 134 valence electrons. The fraction of sp³-hybridized carbons (Fsp3) is 0.143. The maximum Gasteiger partial charge on any atom is 0.0813 e. The number of aliphatic hydroxyl groups is 1. The molecule has 26 heavy (non-hydrogen) atoms. The maximum absolute atomic E-state index is 10.7. The summed E-state index contributed by atoms with van der Waals surface area (Å²) in [5, 5.41) is 15.8. The first-order valence-corrected chi connectivity index (χ1v) is 9.36. The summed E-state index contributed by atoms with van der Waals surface area (Å²) < 4.78 is 0. The topological polar surface area (TPSA) is 32.3 Å². The summed E-state index contributed by atoms with van der Waals surface area (Å²) in [6.45, 7) is 0. The summed E-state index contributed by atoms with van der Waals surface area (Å²) in [6.07, 6.45) is -0.183. The van der Waals surface area contributed by atoms with E-state index in [0.29, 0.717) is 21.5 Å². The molecular weight excluding hydrogens is 389 g/mol. The largest absolute Gasteiger partial charge is 0.388 e. The molecular formula is C21H18Cl3NO. The minimum absolute atomic E-state index is 0.141. The van der Waals surface area contributed by atoms with Gasteiger partial charge in [-0.25, -0.2) is 0 Å². The van der Waals surface area contributed by atoms with Crippen LogP contribution in [0.1, 0.15) is 29.7 Å². The number of hydrogen-bond acceptors (Lipinski definition) is 2. The number of hydrogen-bond donors (Lipinski definition) is 2. The minimum Gasteiger partial charge on any atom is -0.388 e. The lowest BCUT2D eigenvalue weighted by molar-refractivity contribution is 0.160. The number of anilines is 1. The molecule has 3 rings (SSSR count). The van der Waals surface area contributed by atoms with Crippen molar-refractivity contribution in [3.8, 4) is 0 Å². The molecule has 0 aliphatic carbocycles. The highest BCUT2D eigenvalue weighted by molar-refractivity contribution is 6.42. The third kappa shape index (κ3) is 4.93. The number of aliphatic hydroxyl groups excluding tert-OH is 1. The fourth-order valence-electron chi connectivity index (χ4n) is 2.79. The number of halogens is 3. The van der Waals surface area contributed by atoms with Crippen LogP contribution < -0.4 is 5.32 Å². The zero-order valence-corrected chi connectivity index (χ0v) is 16.1. The van der Waals surface area contributed by atoms with E-state index < -0.39 is 6.10 Å². The third-order valence-electron chi connectivity index (χ3n) is 4.17. The van der Waals surface area contributed by atoms with Crippen molar-refractivity contribution in [1.82, 2.24) is 0 Å². The second-order valence-electron chi connectivity index (χ2n) is 6.04. The van der Waals surface area contributed by atoms with Gasteiger partial charge in [0.2, 0.25) is 0 Å². The first kappa shape index (κ1) is 19.1. The Balaban J connectivity index is 1.86. The highest BCUT2D eigenvalue weighted by atomic mass is 35.5. The Kier molecular flexibility index (Phi) is 6.44. The van der Waals surface area contributed by atoms with E-state index in [-0.39, 0.29) is 6.04 Å². The predicted octanol–water partition coefficient (Wildman–Crippen LogP) is 6.92. The van der Waals surface area contributed by atoms with Crippen LogP contribution in [-0.4, -0.2) is 5.11 Å². The molecule has 0 saturated heterocycles. The highest BCUT2D eigenvalue weighted by Crippen LogP contribution is 2.33. The molecule has 0 aliphatic heterocycles. The van der Waals surface area contributed by atoms with Gasteiger partial charge in [0.15, 0.2) is 0 Å².